The van der Waals surface area contributed by atoms with Crippen LogP contribution in [0.1, 0.15) is 79.1 Å². The second-order valence-electron chi connectivity index (χ2n) is 5.86. The van der Waals surface area contributed by atoms with Gasteiger partial charge in [-0.2, -0.15) is 0 Å². The van der Waals surface area contributed by atoms with Crippen LogP contribution in [0.5, 0.6) is 0 Å². The summed E-state index contributed by atoms with van der Waals surface area (Å²) < 4.78 is 14.8. The highest BCUT2D eigenvalue weighted by Gasteiger charge is 2.16. The van der Waals surface area contributed by atoms with E-state index in [0.717, 1.165) is 38.1 Å². The predicted molar refractivity (Wildman–Crippen MR) is 93.7 cm³/mol. The average molecular weight is 339 g/mol. The van der Waals surface area contributed by atoms with Crippen LogP contribution in [0.25, 0.3) is 0 Å². The van der Waals surface area contributed by atoms with Gasteiger partial charge in [0.1, 0.15) is 0 Å². The molecule has 0 spiro atoms. The highest BCUT2D eigenvalue weighted by atomic mass is 31.2. The molecule has 0 radical (unpaired) electrons. The molecule has 4 N–H and O–H groups in total. The quantitative estimate of drug-likeness (QED) is 0.456. The van der Waals surface area contributed by atoms with Gasteiger partial charge in [-0.25, -0.2) is 4.57 Å². The fourth-order valence-corrected chi connectivity index (χ4v) is 2.49. The van der Waals surface area contributed by atoms with E-state index in [0.29, 0.717) is 0 Å². The fraction of sp³-hybridized carbons (Fsp3) is 1.00. The van der Waals surface area contributed by atoms with Crippen LogP contribution in [0.2, 0.25) is 0 Å². The molecular weight excluding hydrogens is 301 g/mol. The van der Waals surface area contributed by atoms with E-state index >= 15 is 0 Å². The number of unbranched alkanes of at least 4 members (excludes halogenated alkanes) is 2. The molecule has 0 rings (SSSR count). The van der Waals surface area contributed by atoms with E-state index in [4.69, 9.17) is 15.5 Å². The van der Waals surface area contributed by atoms with Gasteiger partial charge >= 0.3 is 7.82 Å². The number of rotatable bonds is 12. The van der Waals surface area contributed by atoms with Crippen LogP contribution in [0.3, 0.4) is 0 Å². The number of hydrogen-bond acceptors (Lipinski definition) is 3. The van der Waals surface area contributed by atoms with Gasteiger partial charge < -0.3 is 15.5 Å². The number of hydrogen-bond donors (Lipinski definition) is 3. The van der Waals surface area contributed by atoms with Gasteiger partial charge in [0, 0.05) is 0 Å². The zero-order valence-electron chi connectivity index (χ0n) is 15.0. The highest BCUT2D eigenvalue weighted by molar-refractivity contribution is 7.46. The van der Waals surface area contributed by atoms with Crippen LogP contribution in [0.15, 0.2) is 0 Å². The summed E-state index contributed by atoms with van der Waals surface area (Å²) in [4.78, 5) is 17.0. The van der Waals surface area contributed by atoms with Crippen LogP contribution in [0, 0.1) is 11.8 Å². The Morgan fingerprint density at radius 2 is 1.41 bits per heavy atom. The van der Waals surface area contributed by atoms with Crippen molar-refractivity contribution >= 4 is 7.82 Å². The van der Waals surface area contributed by atoms with Crippen molar-refractivity contribution in [1.82, 2.24) is 0 Å². The summed E-state index contributed by atoms with van der Waals surface area (Å²) in [5, 5.41) is 0. The van der Waals surface area contributed by atoms with E-state index in [1.807, 2.05) is 6.92 Å². The Hall–Kier alpha value is 0.0700. The molecular formula is C16H38NO4P. The van der Waals surface area contributed by atoms with Crippen molar-refractivity contribution in [1.29, 1.82) is 0 Å². The first kappa shape index (κ1) is 24.3. The summed E-state index contributed by atoms with van der Waals surface area (Å²) >= 11 is 0. The Morgan fingerprint density at radius 3 is 1.73 bits per heavy atom. The SMILES string of the molecule is CCCCC(CC)CN.CCCCC(CC)COP(=O)(O)O. The zero-order valence-corrected chi connectivity index (χ0v) is 15.9. The van der Waals surface area contributed by atoms with E-state index in [9.17, 15) is 4.57 Å². The minimum atomic E-state index is -4.26. The summed E-state index contributed by atoms with van der Waals surface area (Å²) in [6, 6.07) is 0. The molecule has 0 amide bonds. The summed E-state index contributed by atoms with van der Waals surface area (Å²) in [5.41, 5.74) is 5.52. The van der Waals surface area contributed by atoms with Gasteiger partial charge in [0.2, 0.25) is 0 Å². The van der Waals surface area contributed by atoms with E-state index in [-0.39, 0.29) is 12.5 Å². The van der Waals surface area contributed by atoms with Gasteiger partial charge in [-0.1, -0.05) is 66.2 Å². The van der Waals surface area contributed by atoms with Crippen molar-refractivity contribution < 1.29 is 18.9 Å². The van der Waals surface area contributed by atoms with Crippen molar-refractivity contribution in [2.75, 3.05) is 13.2 Å². The molecule has 2 atom stereocenters. The maximum atomic E-state index is 10.4. The predicted octanol–water partition coefficient (Wildman–Crippen LogP) is 4.47. The number of phosphoric ester groups is 1. The Bertz CT molecular complexity index is 267. The van der Waals surface area contributed by atoms with Crippen LogP contribution in [-0.2, 0) is 9.09 Å². The molecule has 136 valence electrons. The number of nitrogens with two attached hydrogens (primary N) is 1. The van der Waals surface area contributed by atoms with Crippen molar-refractivity contribution in [2.45, 2.75) is 79.1 Å². The molecule has 5 nitrogen and oxygen atoms in total. The summed E-state index contributed by atoms with van der Waals surface area (Å²) in [6.07, 6.45) is 9.29. The van der Waals surface area contributed by atoms with Gasteiger partial charge in [0.25, 0.3) is 0 Å². The molecule has 2 unspecified atom stereocenters. The van der Waals surface area contributed by atoms with Crippen molar-refractivity contribution in [2.24, 2.45) is 17.6 Å². The maximum Gasteiger partial charge on any atom is 0.469 e. The lowest BCUT2D eigenvalue weighted by molar-refractivity contribution is 0.161. The van der Waals surface area contributed by atoms with Gasteiger partial charge in [0.15, 0.2) is 0 Å². The standard InChI is InChI=1S/C8H19N.C8H19O4P/c1-3-5-6-8(4-2)7-9;1-3-5-6-8(4-2)7-12-13(9,10)11/h8H,3-7,9H2,1-2H3;8H,3-7H2,1-2H3,(H2,9,10,11). The van der Waals surface area contributed by atoms with Crippen molar-refractivity contribution in [3.8, 4) is 0 Å². The Labute approximate surface area is 137 Å². The molecule has 6 heteroatoms. The summed E-state index contributed by atoms with van der Waals surface area (Å²) in [5.74, 6) is 1.05. The van der Waals surface area contributed by atoms with E-state index in [2.05, 4.69) is 25.3 Å². The van der Waals surface area contributed by atoms with Crippen molar-refractivity contribution in [3.63, 3.8) is 0 Å². The minimum Gasteiger partial charge on any atom is -0.330 e. The molecule has 0 aromatic rings. The van der Waals surface area contributed by atoms with Crippen LogP contribution < -0.4 is 5.73 Å². The topological polar surface area (TPSA) is 92.8 Å². The highest BCUT2D eigenvalue weighted by Crippen LogP contribution is 2.36. The molecule has 0 aliphatic rings. The van der Waals surface area contributed by atoms with Crippen LogP contribution >= 0.6 is 7.82 Å². The van der Waals surface area contributed by atoms with E-state index in [1.165, 1.54) is 25.7 Å². The monoisotopic (exact) mass is 339 g/mol. The third-order valence-electron chi connectivity index (χ3n) is 3.90. The normalized spacial score (nSPS) is 14.1. The Balaban J connectivity index is 0. The van der Waals surface area contributed by atoms with Gasteiger partial charge in [-0.15, -0.1) is 0 Å². The molecule has 0 aliphatic heterocycles. The number of phosphoric acid groups is 1. The fourth-order valence-electron chi connectivity index (χ4n) is 2.08. The molecule has 0 fully saturated rings. The Kier molecular flexibility index (Phi) is 17.6. The lowest BCUT2D eigenvalue weighted by Crippen LogP contribution is -2.12. The van der Waals surface area contributed by atoms with Crippen LogP contribution in [0.4, 0.5) is 0 Å². The lowest BCUT2D eigenvalue weighted by atomic mass is 10.00. The summed E-state index contributed by atoms with van der Waals surface area (Å²) in [6.45, 7) is 9.58. The first-order valence-electron chi connectivity index (χ1n) is 8.74. The first-order valence-corrected chi connectivity index (χ1v) is 10.3. The maximum absolute atomic E-state index is 10.4. The molecule has 0 aromatic carbocycles. The third kappa shape index (κ3) is 18.1. The first-order chi connectivity index (χ1) is 10.3. The molecule has 0 saturated heterocycles. The zero-order chi connectivity index (χ0) is 17.4. The Morgan fingerprint density at radius 1 is 0.955 bits per heavy atom. The van der Waals surface area contributed by atoms with Gasteiger partial charge in [-0.05, 0) is 31.2 Å². The van der Waals surface area contributed by atoms with Gasteiger partial charge in [-0.3, -0.25) is 4.52 Å². The smallest absolute Gasteiger partial charge is 0.330 e. The lowest BCUT2D eigenvalue weighted by Gasteiger charge is -2.14. The average Bonchev–Trinajstić information content (AvgIpc) is 2.48. The molecule has 0 bridgehead atoms. The molecule has 0 saturated carbocycles. The van der Waals surface area contributed by atoms with E-state index < -0.39 is 7.82 Å². The molecule has 22 heavy (non-hydrogen) atoms. The second-order valence-corrected chi connectivity index (χ2v) is 7.09. The molecule has 0 aliphatic carbocycles. The molecule has 0 aromatic heterocycles. The third-order valence-corrected chi connectivity index (χ3v) is 4.38. The van der Waals surface area contributed by atoms with Crippen molar-refractivity contribution in [3.05, 3.63) is 0 Å². The minimum absolute atomic E-state index is 0.167. The van der Waals surface area contributed by atoms with E-state index in [1.54, 1.807) is 0 Å². The molecule has 0 heterocycles. The largest absolute Gasteiger partial charge is 0.469 e. The summed E-state index contributed by atoms with van der Waals surface area (Å²) in [7, 11) is -4.26. The second kappa shape index (κ2) is 15.9. The van der Waals surface area contributed by atoms with Crippen LogP contribution in [-0.4, -0.2) is 22.9 Å². The van der Waals surface area contributed by atoms with Gasteiger partial charge in [0.05, 0.1) is 6.61 Å².